The summed E-state index contributed by atoms with van der Waals surface area (Å²) in [5.74, 6) is 0. The average molecular weight is 945 g/mol. The molecule has 15 rings (SSSR count). The molecule has 0 N–H and O–H groups in total. The van der Waals surface area contributed by atoms with Gasteiger partial charge in [-0.15, -0.1) is 11.3 Å². The molecular weight excluding hydrogens is 905 g/mol. The third-order valence-corrected chi connectivity index (χ3v) is 15.9. The van der Waals surface area contributed by atoms with Crippen molar-refractivity contribution in [3.8, 4) is 67.0 Å². The van der Waals surface area contributed by atoms with Crippen molar-refractivity contribution in [3.05, 3.63) is 243 Å². The molecule has 0 radical (unpaired) electrons. The summed E-state index contributed by atoms with van der Waals surface area (Å²) in [6, 6.07) is 83.0. The van der Waals surface area contributed by atoms with E-state index in [1.54, 1.807) is 0 Å². The highest BCUT2D eigenvalue weighted by Gasteiger charge is 2.17. The van der Waals surface area contributed by atoms with Crippen LogP contribution in [0, 0.1) is 0 Å². The maximum absolute atomic E-state index is 5.38. The molecule has 0 atom stereocenters. The maximum Gasteiger partial charge on any atom is 0.0979 e. The van der Waals surface area contributed by atoms with Crippen LogP contribution in [0.4, 0.5) is 0 Å². The average Bonchev–Trinajstić information content (AvgIpc) is 3.86. The number of hydrogen-bond acceptors (Lipinski definition) is 5. The van der Waals surface area contributed by atoms with E-state index in [2.05, 4.69) is 231 Å². The molecule has 3 aromatic heterocycles. The summed E-state index contributed by atoms with van der Waals surface area (Å²) in [5, 5.41) is 11.7. The monoisotopic (exact) mass is 944 g/mol. The first kappa shape index (κ1) is 41.4. The highest BCUT2D eigenvalue weighted by molar-refractivity contribution is 7.26. The van der Waals surface area contributed by atoms with Crippen LogP contribution in [-0.2, 0) is 0 Å². The van der Waals surface area contributed by atoms with E-state index in [9.17, 15) is 0 Å². The van der Waals surface area contributed by atoms with E-state index in [4.69, 9.17) is 19.9 Å². The number of hydrogen-bond donors (Lipinski definition) is 0. The Hall–Kier alpha value is -9.42. The molecular formula is C68H40N4S. The Morgan fingerprint density at radius 2 is 0.589 bits per heavy atom. The van der Waals surface area contributed by atoms with Crippen LogP contribution in [0.1, 0.15) is 0 Å². The van der Waals surface area contributed by atoms with Gasteiger partial charge >= 0.3 is 0 Å². The quantitative estimate of drug-likeness (QED) is 0.156. The van der Waals surface area contributed by atoms with Gasteiger partial charge in [0.1, 0.15) is 0 Å². The predicted octanol–water partition coefficient (Wildman–Crippen LogP) is 18.6. The lowest BCUT2D eigenvalue weighted by Gasteiger charge is -2.14. The smallest absolute Gasteiger partial charge is 0.0979 e. The fourth-order valence-corrected chi connectivity index (χ4v) is 12.4. The van der Waals surface area contributed by atoms with Crippen LogP contribution in [0.3, 0.4) is 0 Å². The zero-order valence-corrected chi connectivity index (χ0v) is 40.1. The van der Waals surface area contributed by atoms with Gasteiger partial charge in [-0.3, -0.25) is 9.97 Å². The summed E-state index contributed by atoms with van der Waals surface area (Å²) in [7, 11) is 0. The maximum atomic E-state index is 5.38. The highest BCUT2D eigenvalue weighted by atomic mass is 32.1. The third-order valence-electron chi connectivity index (χ3n) is 14.7. The predicted molar refractivity (Wildman–Crippen MR) is 308 cm³/mol. The summed E-state index contributed by atoms with van der Waals surface area (Å²) in [6.07, 6.45) is 3.86. The molecule has 5 heteroatoms. The summed E-state index contributed by atoms with van der Waals surface area (Å²) in [6.45, 7) is 0. The molecule has 0 unspecified atom stereocenters. The van der Waals surface area contributed by atoms with Crippen LogP contribution in [0.15, 0.2) is 243 Å². The number of aromatic nitrogens is 4. The van der Waals surface area contributed by atoms with E-state index in [1.807, 2.05) is 23.7 Å². The molecule has 338 valence electrons. The summed E-state index contributed by atoms with van der Waals surface area (Å²) < 4.78 is 2.61. The molecule has 0 bridgehead atoms. The van der Waals surface area contributed by atoms with Crippen LogP contribution in [0.25, 0.3) is 152 Å². The lowest BCUT2D eigenvalue weighted by molar-refractivity contribution is 1.31. The van der Waals surface area contributed by atoms with Crippen molar-refractivity contribution in [3.63, 3.8) is 0 Å². The first-order valence-corrected chi connectivity index (χ1v) is 25.5. The second-order valence-corrected chi connectivity index (χ2v) is 20.0. The second kappa shape index (κ2) is 16.6. The fourth-order valence-electron chi connectivity index (χ4n) is 11.2. The zero-order chi connectivity index (χ0) is 48.0. The normalized spacial score (nSPS) is 11.8. The van der Waals surface area contributed by atoms with Crippen molar-refractivity contribution in [1.82, 2.24) is 19.9 Å². The van der Waals surface area contributed by atoms with Gasteiger partial charge in [-0.2, -0.15) is 0 Å². The molecule has 0 saturated heterocycles. The molecule has 15 aromatic rings. The lowest BCUT2D eigenvalue weighted by Crippen LogP contribution is -1.93. The van der Waals surface area contributed by atoms with E-state index >= 15 is 0 Å². The van der Waals surface area contributed by atoms with Crippen LogP contribution >= 0.6 is 11.3 Å². The van der Waals surface area contributed by atoms with E-state index < -0.39 is 0 Å². The van der Waals surface area contributed by atoms with Crippen molar-refractivity contribution in [2.24, 2.45) is 0 Å². The Morgan fingerprint density at radius 3 is 1.07 bits per heavy atom. The molecule has 0 aliphatic carbocycles. The summed E-state index contributed by atoms with van der Waals surface area (Å²) in [5.41, 5.74) is 16.4. The van der Waals surface area contributed by atoms with Gasteiger partial charge < -0.3 is 0 Å². The Morgan fingerprint density at radius 1 is 0.247 bits per heavy atom. The van der Waals surface area contributed by atoms with Crippen molar-refractivity contribution < 1.29 is 0 Å². The van der Waals surface area contributed by atoms with Crippen molar-refractivity contribution in [1.29, 1.82) is 0 Å². The molecule has 0 spiro atoms. The van der Waals surface area contributed by atoms with Gasteiger partial charge in [0.15, 0.2) is 0 Å². The van der Waals surface area contributed by atoms with Gasteiger partial charge in [0.05, 0.1) is 45.8 Å². The molecule has 4 nitrogen and oxygen atoms in total. The summed E-state index contributed by atoms with van der Waals surface area (Å²) >= 11 is 1.87. The number of thiophene rings is 1. The molecule has 0 fully saturated rings. The van der Waals surface area contributed by atoms with Gasteiger partial charge in [0, 0.05) is 52.8 Å². The second-order valence-electron chi connectivity index (χ2n) is 18.9. The van der Waals surface area contributed by atoms with Crippen LogP contribution in [0.2, 0.25) is 0 Å². The Kier molecular flexibility index (Phi) is 9.41. The fraction of sp³-hybridized carbons (Fsp3) is 0. The van der Waals surface area contributed by atoms with E-state index in [-0.39, 0.29) is 0 Å². The van der Waals surface area contributed by atoms with Gasteiger partial charge in [0.25, 0.3) is 0 Å². The third kappa shape index (κ3) is 6.81. The summed E-state index contributed by atoms with van der Waals surface area (Å²) in [4.78, 5) is 21.0. The Balaban J connectivity index is 0.887. The van der Waals surface area contributed by atoms with Crippen molar-refractivity contribution in [2.45, 2.75) is 0 Å². The van der Waals surface area contributed by atoms with Gasteiger partial charge in [-0.05, 0) is 109 Å². The van der Waals surface area contributed by atoms with E-state index in [1.165, 1.54) is 52.8 Å². The number of rotatable bonds is 6. The van der Waals surface area contributed by atoms with Gasteiger partial charge in [-0.25, -0.2) is 9.97 Å². The standard InChI is InChI=1S/C68H40N4S/c1-5-26-56-51(21-1)53-23-3-7-28-58(53)66-64(56)69-39-61(71-66)45-19-12-16-42(34-45)48-36-47(41-15-11-18-44(33-41)50-30-14-31-60-55-25-9-10-32-63(55)73-68(50)60)37-49(38-48)43-17-13-20-46(35-43)62-40-70-65-57-27-6-2-22-52(57)54-24-4-8-29-59(54)67(65)72-62/h1-40H. The van der Waals surface area contributed by atoms with Crippen LogP contribution in [0.5, 0.6) is 0 Å². The van der Waals surface area contributed by atoms with Crippen molar-refractivity contribution >= 4 is 96.7 Å². The number of nitrogens with zero attached hydrogens (tertiary/aromatic N) is 4. The van der Waals surface area contributed by atoms with Gasteiger partial charge in [0.2, 0.25) is 0 Å². The minimum absolute atomic E-state index is 0.833. The molecule has 0 amide bonds. The minimum atomic E-state index is 0.833. The SMILES string of the molecule is c1cc(-c2cc(-c3cccc(-c4cnc5c6ccccc6c6ccccc6c5n4)c3)cc(-c3cccc(-c4cccc5c4sc4ccccc45)c3)c2)cc(-c2cnc3c4ccccc4c4ccccc4c3n2)c1. The molecule has 12 aromatic carbocycles. The van der Waals surface area contributed by atoms with Crippen LogP contribution < -0.4 is 0 Å². The van der Waals surface area contributed by atoms with E-state index in [0.717, 1.165) is 99.5 Å². The Labute approximate surface area is 424 Å². The lowest BCUT2D eigenvalue weighted by atomic mass is 9.91. The number of fused-ring (bicyclic) bond motifs is 15. The molecule has 0 saturated carbocycles. The largest absolute Gasteiger partial charge is 0.252 e. The number of benzene rings is 12. The van der Waals surface area contributed by atoms with E-state index in [0.29, 0.717) is 0 Å². The molecule has 0 aliphatic rings. The highest BCUT2D eigenvalue weighted by Crippen LogP contribution is 2.43. The molecule has 0 aliphatic heterocycles. The minimum Gasteiger partial charge on any atom is -0.252 e. The molecule has 73 heavy (non-hydrogen) atoms. The molecule has 3 heterocycles. The Bertz CT molecular complexity index is 4470. The van der Waals surface area contributed by atoms with Gasteiger partial charge in [-0.1, -0.05) is 188 Å². The van der Waals surface area contributed by atoms with Crippen molar-refractivity contribution in [2.75, 3.05) is 0 Å². The first-order valence-electron chi connectivity index (χ1n) is 24.7. The zero-order valence-electron chi connectivity index (χ0n) is 39.3. The first-order chi connectivity index (χ1) is 36.2. The van der Waals surface area contributed by atoms with Crippen LogP contribution in [-0.4, -0.2) is 19.9 Å². The topological polar surface area (TPSA) is 51.6 Å².